The van der Waals surface area contributed by atoms with E-state index in [-0.39, 0.29) is 5.92 Å². The summed E-state index contributed by atoms with van der Waals surface area (Å²) in [5.74, 6) is 0.566. The Morgan fingerprint density at radius 3 is 2.60 bits per heavy atom. The van der Waals surface area contributed by atoms with Crippen LogP contribution in [0.2, 0.25) is 0 Å². The van der Waals surface area contributed by atoms with Crippen molar-refractivity contribution in [1.29, 1.82) is 0 Å². The van der Waals surface area contributed by atoms with Crippen LogP contribution in [0.25, 0.3) is 0 Å². The molecular formula is C11H15NO2S. The molecule has 1 atom stereocenters. The number of allylic oxidation sites excluding steroid dienone is 4. The van der Waals surface area contributed by atoms with Crippen LogP contribution in [0.5, 0.6) is 0 Å². The molecule has 2 rings (SSSR count). The zero-order valence-corrected chi connectivity index (χ0v) is 9.33. The summed E-state index contributed by atoms with van der Waals surface area (Å²) in [6.07, 6.45) is 9.59. The van der Waals surface area contributed by atoms with E-state index in [1.807, 2.05) is 12.2 Å². The highest BCUT2D eigenvalue weighted by atomic mass is 32.2. The number of nitrogens with one attached hydrogen (secondary N) is 1. The average Bonchev–Trinajstić information content (AvgIpc) is 2.30. The van der Waals surface area contributed by atoms with Crippen LogP contribution in [-0.4, -0.2) is 26.4 Å². The second kappa shape index (κ2) is 4.77. The molecule has 1 aliphatic heterocycles. The first kappa shape index (κ1) is 10.6. The lowest BCUT2D eigenvalue weighted by Crippen LogP contribution is -2.34. The summed E-state index contributed by atoms with van der Waals surface area (Å²) in [5, 5.41) is 3.29. The maximum Gasteiger partial charge on any atom is 0.217 e. The fraction of sp³-hybridized carbons (Fsp3) is 0.545. The van der Waals surface area contributed by atoms with Crippen molar-refractivity contribution in [3.8, 4) is 0 Å². The highest BCUT2D eigenvalue weighted by Gasteiger charge is 2.26. The maximum atomic E-state index is 11.1. The minimum Gasteiger partial charge on any atom is -0.317 e. The van der Waals surface area contributed by atoms with Crippen molar-refractivity contribution >= 4 is 15.2 Å². The molecule has 0 aromatic rings. The van der Waals surface area contributed by atoms with Gasteiger partial charge in [-0.05, 0) is 37.9 Å². The predicted molar refractivity (Wildman–Crippen MR) is 61.3 cm³/mol. The first-order chi connectivity index (χ1) is 7.29. The first-order valence-corrected chi connectivity index (χ1v) is 6.38. The predicted octanol–water partition coefficient (Wildman–Crippen LogP) is 0.780. The van der Waals surface area contributed by atoms with Crippen molar-refractivity contribution in [2.45, 2.75) is 12.8 Å². The van der Waals surface area contributed by atoms with Gasteiger partial charge in [0.15, 0.2) is 0 Å². The molecule has 1 fully saturated rings. The Morgan fingerprint density at radius 2 is 1.93 bits per heavy atom. The van der Waals surface area contributed by atoms with E-state index >= 15 is 0 Å². The van der Waals surface area contributed by atoms with Gasteiger partial charge in [0.25, 0.3) is 0 Å². The van der Waals surface area contributed by atoms with E-state index in [0.717, 1.165) is 25.9 Å². The molecule has 82 valence electrons. The molecule has 4 heteroatoms. The van der Waals surface area contributed by atoms with E-state index in [4.69, 9.17) is 0 Å². The van der Waals surface area contributed by atoms with Crippen molar-refractivity contribution in [3.05, 3.63) is 24.3 Å². The van der Waals surface area contributed by atoms with Gasteiger partial charge in [-0.1, -0.05) is 18.2 Å². The van der Waals surface area contributed by atoms with E-state index in [2.05, 4.69) is 5.32 Å². The van der Waals surface area contributed by atoms with Gasteiger partial charge in [0, 0.05) is 5.92 Å². The van der Waals surface area contributed by atoms with Crippen LogP contribution in [0.3, 0.4) is 0 Å². The maximum absolute atomic E-state index is 11.1. The lowest BCUT2D eigenvalue weighted by Gasteiger charge is -2.29. The van der Waals surface area contributed by atoms with Crippen molar-refractivity contribution < 1.29 is 8.42 Å². The molecule has 1 N–H and O–H groups in total. The Morgan fingerprint density at radius 1 is 1.20 bits per heavy atom. The molecule has 0 bridgehead atoms. The van der Waals surface area contributed by atoms with Gasteiger partial charge < -0.3 is 5.32 Å². The zero-order chi connectivity index (χ0) is 10.7. The Labute approximate surface area is 91.4 Å². The fourth-order valence-corrected chi connectivity index (χ4v) is 2.98. The third kappa shape index (κ3) is 2.38. The Hall–Kier alpha value is -0.870. The van der Waals surface area contributed by atoms with Crippen LogP contribution >= 0.6 is 0 Å². The summed E-state index contributed by atoms with van der Waals surface area (Å²) in [6.45, 7) is 2.00. The van der Waals surface area contributed by atoms with E-state index in [9.17, 15) is 8.42 Å². The fourth-order valence-electron chi connectivity index (χ4n) is 2.30. The minimum absolute atomic E-state index is 0.0930. The summed E-state index contributed by atoms with van der Waals surface area (Å²) in [6, 6.07) is 0. The first-order valence-electron chi connectivity index (χ1n) is 5.31. The molecule has 0 saturated carbocycles. The van der Waals surface area contributed by atoms with Crippen LogP contribution in [-0.2, 0) is 10.3 Å². The molecule has 0 aromatic heterocycles. The summed E-state index contributed by atoms with van der Waals surface area (Å²) < 4.78 is 22.1. The summed E-state index contributed by atoms with van der Waals surface area (Å²) in [7, 11) is -2.08. The van der Waals surface area contributed by atoms with Gasteiger partial charge in [-0.15, -0.1) is 0 Å². The monoisotopic (exact) mass is 225 g/mol. The molecular weight excluding hydrogens is 210 g/mol. The summed E-state index contributed by atoms with van der Waals surface area (Å²) >= 11 is 0. The van der Waals surface area contributed by atoms with Crippen molar-refractivity contribution in [2.75, 3.05) is 13.1 Å². The molecule has 0 radical (unpaired) electrons. The van der Waals surface area contributed by atoms with Gasteiger partial charge in [-0.25, -0.2) is 0 Å². The van der Waals surface area contributed by atoms with Crippen LogP contribution in [0.4, 0.5) is 0 Å². The zero-order valence-electron chi connectivity index (χ0n) is 8.52. The third-order valence-electron chi connectivity index (χ3n) is 3.10. The minimum atomic E-state index is -2.08. The number of hydrogen-bond donors (Lipinski definition) is 1. The standard InChI is InChI=1S/C11H15NO2S/c13-15(14)11-4-2-1-3-10(11)9-5-7-12-8-6-9/h1-4,9-10,12H,5-8H2. The van der Waals surface area contributed by atoms with Crippen molar-refractivity contribution in [1.82, 2.24) is 5.32 Å². The summed E-state index contributed by atoms with van der Waals surface area (Å²) in [4.78, 5) is 0.546. The van der Waals surface area contributed by atoms with Crippen molar-refractivity contribution in [3.63, 3.8) is 0 Å². The lowest BCUT2D eigenvalue weighted by molar-refractivity contribution is 0.345. The highest BCUT2D eigenvalue weighted by Crippen LogP contribution is 2.26. The second-order valence-corrected chi connectivity index (χ2v) is 4.94. The Kier molecular flexibility index (Phi) is 3.38. The number of piperidine rings is 1. The average molecular weight is 225 g/mol. The van der Waals surface area contributed by atoms with Gasteiger partial charge in [-0.2, -0.15) is 8.42 Å². The SMILES string of the molecule is O=S(=O)=C1C=CC=CC1C1CCNCC1. The Bertz CT molecular complexity index is 406. The topological polar surface area (TPSA) is 46.2 Å². The number of rotatable bonds is 1. The quantitative estimate of drug-likeness (QED) is 0.671. The smallest absolute Gasteiger partial charge is 0.217 e. The van der Waals surface area contributed by atoms with Gasteiger partial charge >= 0.3 is 0 Å². The van der Waals surface area contributed by atoms with E-state index in [0.29, 0.717) is 10.8 Å². The van der Waals surface area contributed by atoms with Gasteiger partial charge in [0.2, 0.25) is 10.3 Å². The highest BCUT2D eigenvalue weighted by molar-refractivity contribution is 7.73. The molecule has 2 aliphatic rings. The second-order valence-electron chi connectivity index (χ2n) is 3.99. The van der Waals surface area contributed by atoms with Crippen molar-refractivity contribution in [2.24, 2.45) is 11.8 Å². The Balaban J connectivity index is 2.23. The van der Waals surface area contributed by atoms with Crippen LogP contribution in [0.1, 0.15) is 12.8 Å². The van der Waals surface area contributed by atoms with Crippen LogP contribution in [0.15, 0.2) is 24.3 Å². The van der Waals surface area contributed by atoms with Crippen LogP contribution < -0.4 is 5.32 Å². The van der Waals surface area contributed by atoms with Gasteiger partial charge in [-0.3, -0.25) is 0 Å². The molecule has 1 saturated heterocycles. The molecule has 3 nitrogen and oxygen atoms in total. The molecule has 1 unspecified atom stereocenters. The van der Waals surface area contributed by atoms with E-state index < -0.39 is 10.3 Å². The normalized spacial score (nSPS) is 26.9. The molecule has 0 spiro atoms. The lowest BCUT2D eigenvalue weighted by atomic mass is 9.81. The number of hydrogen-bond acceptors (Lipinski definition) is 3. The summed E-state index contributed by atoms with van der Waals surface area (Å²) in [5.41, 5.74) is 0. The van der Waals surface area contributed by atoms with E-state index in [1.54, 1.807) is 12.2 Å². The van der Waals surface area contributed by atoms with Gasteiger partial charge in [0.05, 0.1) is 4.86 Å². The molecule has 1 heterocycles. The largest absolute Gasteiger partial charge is 0.317 e. The third-order valence-corrected chi connectivity index (χ3v) is 3.90. The molecule has 1 aliphatic carbocycles. The molecule has 15 heavy (non-hydrogen) atoms. The van der Waals surface area contributed by atoms with E-state index in [1.165, 1.54) is 0 Å². The van der Waals surface area contributed by atoms with Gasteiger partial charge in [0.1, 0.15) is 0 Å². The molecule has 0 amide bonds. The molecule has 0 aromatic carbocycles. The van der Waals surface area contributed by atoms with Crippen LogP contribution in [0, 0.1) is 11.8 Å².